The summed E-state index contributed by atoms with van der Waals surface area (Å²) in [7, 11) is 0. The van der Waals surface area contributed by atoms with Crippen molar-refractivity contribution in [2.75, 3.05) is 32.8 Å². The molecule has 0 amide bonds. The van der Waals surface area contributed by atoms with Crippen molar-refractivity contribution in [2.45, 2.75) is 19.3 Å². The lowest BCUT2D eigenvalue weighted by Crippen LogP contribution is -2.36. The first-order valence-corrected chi connectivity index (χ1v) is 8.54. The van der Waals surface area contributed by atoms with Crippen molar-refractivity contribution < 1.29 is 9.53 Å². The molecule has 24 heavy (non-hydrogen) atoms. The highest BCUT2D eigenvalue weighted by molar-refractivity contribution is 5.95. The summed E-state index contributed by atoms with van der Waals surface area (Å²) in [5.74, 6) is 0.164. The number of aromatic nitrogens is 2. The van der Waals surface area contributed by atoms with E-state index >= 15 is 0 Å². The van der Waals surface area contributed by atoms with Crippen LogP contribution >= 0.6 is 0 Å². The van der Waals surface area contributed by atoms with Crippen LogP contribution in [0.1, 0.15) is 29.6 Å². The van der Waals surface area contributed by atoms with Gasteiger partial charge in [0.05, 0.1) is 24.6 Å². The maximum atomic E-state index is 12.3. The van der Waals surface area contributed by atoms with Crippen LogP contribution in [-0.2, 0) is 4.74 Å². The van der Waals surface area contributed by atoms with Crippen LogP contribution in [0.3, 0.4) is 0 Å². The van der Waals surface area contributed by atoms with Gasteiger partial charge in [0, 0.05) is 37.5 Å². The molecule has 2 aromatic rings. The molecule has 5 nitrogen and oxygen atoms in total. The standard InChI is InChI=1S/C19H23N3O2/c23-19(6-2-4-10-22-11-13-24-14-12-22)16-7-8-18(21-15-16)17-5-1-3-9-20-17/h1,3,5,7-9,15H,2,4,6,10-14H2. The lowest BCUT2D eigenvalue weighted by molar-refractivity contribution is 0.0371. The summed E-state index contributed by atoms with van der Waals surface area (Å²) in [5, 5.41) is 0. The third-order valence-corrected chi connectivity index (χ3v) is 4.24. The van der Waals surface area contributed by atoms with Gasteiger partial charge in [0.1, 0.15) is 0 Å². The summed E-state index contributed by atoms with van der Waals surface area (Å²) in [6, 6.07) is 9.43. The second-order valence-electron chi connectivity index (χ2n) is 5.98. The maximum Gasteiger partial charge on any atom is 0.164 e. The van der Waals surface area contributed by atoms with E-state index in [4.69, 9.17) is 4.74 Å². The second kappa shape index (κ2) is 8.66. The lowest BCUT2D eigenvalue weighted by atomic mass is 10.1. The Labute approximate surface area is 142 Å². The zero-order valence-corrected chi connectivity index (χ0v) is 13.9. The summed E-state index contributed by atoms with van der Waals surface area (Å²) in [6.45, 7) is 4.72. The van der Waals surface area contributed by atoms with Gasteiger partial charge in [-0.15, -0.1) is 0 Å². The van der Waals surface area contributed by atoms with Crippen LogP contribution in [0.25, 0.3) is 11.4 Å². The number of morpholine rings is 1. The Kier molecular flexibility index (Phi) is 6.04. The maximum absolute atomic E-state index is 12.3. The van der Waals surface area contributed by atoms with Crippen LogP contribution in [0.15, 0.2) is 42.7 Å². The van der Waals surface area contributed by atoms with Crippen LogP contribution in [0.5, 0.6) is 0 Å². The van der Waals surface area contributed by atoms with E-state index in [1.54, 1.807) is 12.4 Å². The van der Waals surface area contributed by atoms with Gasteiger partial charge in [0.25, 0.3) is 0 Å². The number of unbranched alkanes of at least 4 members (excludes halogenated alkanes) is 1. The third-order valence-electron chi connectivity index (χ3n) is 4.24. The average molecular weight is 325 g/mol. The Morgan fingerprint density at radius 1 is 1.04 bits per heavy atom. The number of hydrogen-bond acceptors (Lipinski definition) is 5. The molecule has 0 aromatic carbocycles. The number of nitrogens with zero attached hydrogens (tertiary/aromatic N) is 3. The molecule has 0 atom stereocenters. The summed E-state index contributed by atoms with van der Waals surface area (Å²) in [4.78, 5) is 23.3. The zero-order valence-electron chi connectivity index (χ0n) is 13.9. The summed E-state index contributed by atoms with van der Waals surface area (Å²) in [6.07, 6.45) is 5.94. The van der Waals surface area contributed by atoms with E-state index < -0.39 is 0 Å². The molecular formula is C19H23N3O2. The molecule has 0 spiro atoms. The molecule has 0 saturated carbocycles. The number of carbonyl (C=O) groups excluding carboxylic acids is 1. The molecule has 0 N–H and O–H groups in total. The van der Waals surface area contributed by atoms with E-state index in [0.29, 0.717) is 12.0 Å². The van der Waals surface area contributed by atoms with E-state index in [2.05, 4.69) is 14.9 Å². The average Bonchev–Trinajstić information content (AvgIpc) is 2.67. The smallest absolute Gasteiger partial charge is 0.164 e. The summed E-state index contributed by atoms with van der Waals surface area (Å²) < 4.78 is 5.34. The number of Topliss-reactive ketones (excluding diaryl/α,β-unsaturated/α-hetero) is 1. The molecule has 0 unspecified atom stereocenters. The molecule has 1 aliphatic rings. The molecule has 0 aliphatic carbocycles. The molecular weight excluding hydrogens is 302 g/mol. The molecule has 3 rings (SSSR count). The Morgan fingerprint density at radius 3 is 2.58 bits per heavy atom. The predicted octanol–water partition coefficient (Wildman–Crippen LogP) is 2.83. The highest BCUT2D eigenvalue weighted by Gasteiger charge is 2.11. The van der Waals surface area contributed by atoms with Crippen molar-refractivity contribution in [2.24, 2.45) is 0 Å². The summed E-state index contributed by atoms with van der Waals surface area (Å²) >= 11 is 0. The quantitative estimate of drug-likeness (QED) is 0.579. The number of ketones is 1. The third kappa shape index (κ3) is 4.69. The van der Waals surface area contributed by atoms with Gasteiger partial charge in [-0.2, -0.15) is 0 Å². The first-order valence-electron chi connectivity index (χ1n) is 8.54. The van der Waals surface area contributed by atoms with Crippen molar-refractivity contribution >= 4 is 5.78 Å². The molecule has 0 bridgehead atoms. The number of carbonyl (C=O) groups is 1. The minimum Gasteiger partial charge on any atom is -0.379 e. The van der Waals surface area contributed by atoms with Crippen molar-refractivity contribution in [3.63, 3.8) is 0 Å². The van der Waals surface area contributed by atoms with Gasteiger partial charge in [-0.25, -0.2) is 0 Å². The van der Waals surface area contributed by atoms with Gasteiger partial charge in [0.15, 0.2) is 5.78 Å². The molecule has 3 heterocycles. The Morgan fingerprint density at radius 2 is 1.88 bits per heavy atom. The van der Waals surface area contributed by atoms with Gasteiger partial charge in [-0.1, -0.05) is 6.07 Å². The van der Waals surface area contributed by atoms with Crippen molar-refractivity contribution in [1.82, 2.24) is 14.9 Å². The van der Waals surface area contributed by atoms with Crippen molar-refractivity contribution in [1.29, 1.82) is 0 Å². The molecule has 1 aliphatic heterocycles. The molecule has 1 saturated heterocycles. The molecule has 0 radical (unpaired) electrons. The second-order valence-corrected chi connectivity index (χ2v) is 5.98. The minimum absolute atomic E-state index is 0.164. The van der Waals surface area contributed by atoms with Gasteiger partial charge in [-0.05, 0) is 43.7 Å². The van der Waals surface area contributed by atoms with Gasteiger partial charge < -0.3 is 4.74 Å². The monoisotopic (exact) mass is 325 g/mol. The Hall–Kier alpha value is -2.11. The first kappa shape index (κ1) is 16.7. The zero-order chi connectivity index (χ0) is 16.6. The number of pyridine rings is 2. The van der Waals surface area contributed by atoms with Crippen LogP contribution in [0.4, 0.5) is 0 Å². The van der Waals surface area contributed by atoms with Crippen LogP contribution in [0, 0.1) is 0 Å². The predicted molar refractivity (Wildman–Crippen MR) is 92.9 cm³/mol. The Bertz CT molecular complexity index is 637. The fourth-order valence-electron chi connectivity index (χ4n) is 2.81. The van der Waals surface area contributed by atoms with E-state index in [1.165, 1.54) is 0 Å². The van der Waals surface area contributed by atoms with Crippen molar-refractivity contribution in [3.8, 4) is 11.4 Å². The summed E-state index contributed by atoms with van der Waals surface area (Å²) in [5.41, 5.74) is 2.29. The normalized spacial score (nSPS) is 15.3. The first-order chi connectivity index (χ1) is 11.8. The number of hydrogen-bond donors (Lipinski definition) is 0. The minimum atomic E-state index is 0.164. The molecule has 1 fully saturated rings. The van der Waals surface area contributed by atoms with Crippen molar-refractivity contribution in [3.05, 3.63) is 48.3 Å². The number of rotatable bonds is 7. The van der Waals surface area contributed by atoms with Crippen LogP contribution in [0.2, 0.25) is 0 Å². The SMILES string of the molecule is O=C(CCCCN1CCOCC1)c1ccc(-c2ccccn2)nc1. The van der Waals surface area contributed by atoms with Gasteiger partial charge in [0.2, 0.25) is 0 Å². The Balaban J connectivity index is 1.45. The van der Waals surface area contributed by atoms with E-state index in [0.717, 1.165) is 57.1 Å². The molecule has 5 heteroatoms. The fraction of sp³-hybridized carbons (Fsp3) is 0.421. The largest absolute Gasteiger partial charge is 0.379 e. The van der Waals surface area contributed by atoms with E-state index in [1.807, 2.05) is 30.3 Å². The van der Waals surface area contributed by atoms with Crippen LogP contribution < -0.4 is 0 Å². The molecule has 2 aromatic heterocycles. The van der Waals surface area contributed by atoms with Gasteiger partial charge in [-0.3, -0.25) is 19.7 Å². The highest BCUT2D eigenvalue weighted by atomic mass is 16.5. The van der Waals surface area contributed by atoms with E-state index in [-0.39, 0.29) is 5.78 Å². The number of ether oxygens (including phenoxy) is 1. The van der Waals surface area contributed by atoms with Gasteiger partial charge >= 0.3 is 0 Å². The van der Waals surface area contributed by atoms with Crippen LogP contribution in [-0.4, -0.2) is 53.5 Å². The fourth-order valence-corrected chi connectivity index (χ4v) is 2.81. The topological polar surface area (TPSA) is 55.3 Å². The highest BCUT2D eigenvalue weighted by Crippen LogP contribution is 2.15. The lowest BCUT2D eigenvalue weighted by Gasteiger charge is -2.26. The van der Waals surface area contributed by atoms with E-state index in [9.17, 15) is 4.79 Å². The molecule has 126 valence electrons.